The van der Waals surface area contributed by atoms with E-state index in [1.807, 2.05) is 31.2 Å². The molecule has 1 aliphatic rings. The largest absolute Gasteiger partial charge is 0.496 e. The minimum atomic E-state index is -3.61. The van der Waals surface area contributed by atoms with Crippen molar-refractivity contribution in [1.29, 1.82) is 0 Å². The molecule has 1 atom stereocenters. The van der Waals surface area contributed by atoms with E-state index in [1.165, 1.54) is 4.68 Å². The Balaban J connectivity index is 1.73. The fourth-order valence-electron chi connectivity index (χ4n) is 3.87. The van der Waals surface area contributed by atoms with E-state index in [-0.39, 0.29) is 16.8 Å². The molecule has 30 heavy (non-hydrogen) atoms. The van der Waals surface area contributed by atoms with E-state index in [9.17, 15) is 8.42 Å². The highest BCUT2D eigenvalue weighted by atomic mass is 32.2. The highest BCUT2D eigenvalue weighted by Gasteiger charge is 2.33. The summed E-state index contributed by atoms with van der Waals surface area (Å²) in [5, 5.41) is 12.1. The van der Waals surface area contributed by atoms with E-state index in [4.69, 9.17) is 4.74 Å². The van der Waals surface area contributed by atoms with Gasteiger partial charge in [-0.25, -0.2) is 13.1 Å². The molecule has 1 saturated heterocycles. The number of hydrogen-bond donors (Lipinski definition) is 0. The van der Waals surface area contributed by atoms with Crippen molar-refractivity contribution < 1.29 is 13.2 Å². The van der Waals surface area contributed by atoms with Crippen LogP contribution in [0.4, 0.5) is 0 Å². The van der Waals surface area contributed by atoms with E-state index >= 15 is 0 Å². The van der Waals surface area contributed by atoms with Gasteiger partial charge in [0.25, 0.3) is 0 Å². The van der Waals surface area contributed by atoms with Crippen LogP contribution in [0.15, 0.2) is 53.4 Å². The summed E-state index contributed by atoms with van der Waals surface area (Å²) in [6.45, 7) is 3.70. The van der Waals surface area contributed by atoms with Gasteiger partial charge in [0.2, 0.25) is 0 Å². The second-order valence-electron chi connectivity index (χ2n) is 7.48. The van der Waals surface area contributed by atoms with Crippen molar-refractivity contribution in [1.82, 2.24) is 25.1 Å². The van der Waals surface area contributed by atoms with Crippen LogP contribution in [0.25, 0.3) is 0 Å². The van der Waals surface area contributed by atoms with Crippen molar-refractivity contribution in [2.24, 2.45) is 0 Å². The lowest BCUT2D eigenvalue weighted by Gasteiger charge is -2.28. The molecule has 0 N–H and O–H groups in total. The van der Waals surface area contributed by atoms with Crippen LogP contribution in [0.5, 0.6) is 5.75 Å². The molecule has 1 unspecified atom stereocenters. The number of ether oxygens (including phenoxy) is 1. The molecule has 1 aromatic heterocycles. The topological polar surface area (TPSA) is 90.2 Å². The normalized spacial score (nSPS) is 15.9. The van der Waals surface area contributed by atoms with Crippen molar-refractivity contribution in [2.45, 2.75) is 36.6 Å². The average Bonchev–Trinajstić information content (AvgIpc) is 3.42. The zero-order valence-electron chi connectivity index (χ0n) is 17.1. The Morgan fingerprint density at radius 2 is 1.77 bits per heavy atom. The van der Waals surface area contributed by atoms with Gasteiger partial charge < -0.3 is 4.74 Å². The van der Waals surface area contributed by atoms with E-state index in [0.29, 0.717) is 5.82 Å². The van der Waals surface area contributed by atoms with Gasteiger partial charge in [0.05, 0.1) is 12.0 Å². The highest BCUT2D eigenvalue weighted by molar-refractivity contribution is 7.90. The number of aryl methyl sites for hydroxylation is 1. The summed E-state index contributed by atoms with van der Waals surface area (Å²) in [5.74, 6) is 0.903. The lowest BCUT2D eigenvalue weighted by atomic mass is 10.0. The summed E-state index contributed by atoms with van der Waals surface area (Å²) < 4.78 is 33.0. The number of likely N-dealkylation sites (tertiary alicyclic amines) is 1. The van der Waals surface area contributed by atoms with Gasteiger partial charge in [0.1, 0.15) is 11.8 Å². The van der Waals surface area contributed by atoms with E-state index < -0.39 is 9.84 Å². The smallest absolute Gasteiger partial charge is 0.198 e. The summed E-state index contributed by atoms with van der Waals surface area (Å²) in [7, 11) is -1.98. The molecule has 0 spiro atoms. The molecule has 1 fully saturated rings. The number of hydrogen-bond acceptors (Lipinski definition) is 7. The van der Waals surface area contributed by atoms with Gasteiger partial charge in [-0.3, -0.25) is 4.90 Å². The molecule has 3 aromatic rings. The average molecular weight is 428 g/mol. The quantitative estimate of drug-likeness (QED) is 0.572. The van der Waals surface area contributed by atoms with Crippen molar-refractivity contribution in [3.05, 3.63) is 65.5 Å². The molecule has 4 rings (SSSR count). The van der Waals surface area contributed by atoms with Crippen molar-refractivity contribution >= 4 is 9.84 Å². The number of sulfone groups is 1. The molecule has 2 heterocycles. The zero-order chi connectivity index (χ0) is 21.1. The van der Waals surface area contributed by atoms with E-state index in [1.54, 1.807) is 31.4 Å². The van der Waals surface area contributed by atoms with Gasteiger partial charge in [-0.2, -0.15) is 0 Å². The molecule has 0 amide bonds. The van der Waals surface area contributed by atoms with Crippen molar-refractivity contribution in [3.63, 3.8) is 0 Å². The van der Waals surface area contributed by atoms with Crippen LogP contribution < -0.4 is 4.74 Å². The summed E-state index contributed by atoms with van der Waals surface area (Å²) in [5.41, 5.74) is 1.92. The third kappa shape index (κ3) is 4.08. The Labute approximate surface area is 176 Å². The summed E-state index contributed by atoms with van der Waals surface area (Å²) >= 11 is 0. The van der Waals surface area contributed by atoms with Gasteiger partial charge in [-0.1, -0.05) is 35.9 Å². The minimum Gasteiger partial charge on any atom is -0.496 e. The Bertz CT molecular complexity index is 1110. The molecule has 0 bridgehead atoms. The first-order chi connectivity index (χ1) is 14.5. The fourth-order valence-corrected chi connectivity index (χ4v) is 5.08. The van der Waals surface area contributed by atoms with E-state index in [2.05, 4.69) is 20.4 Å². The Morgan fingerprint density at radius 1 is 1.07 bits per heavy atom. The van der Waals surface area contributed by atoms with Gasteiger partial charge in [0, 0.05) is 5.56 Å². The summed E-state index contributed by atoms with van der Waals surface area (Å²) in [6, 6.07) is 14.3. The van der Waals surface area contributed by atoms with Crippen LogP contribution >= 0.6 is 0 Å². The Hall–Kier alpha value is -2.78. The number of aromatic nitrogens is 4. The van der Waals surface area contributed by atoms with E-state index in [0.717, 1.165) is 42.8 Å². The lowest BCUT2D eigenvalue weighted by Crippen LogP contribution is -2.30. The first-order valence-electron chi connectivity index (χ1n) is 9.92. The predicted molar refractivity (Wildman–Crippen MR) is 112 cm³/mol. The highest BCUT2D eigenvalue weighted by Crippen LogP contribution is 2.35. The van der Waals surface area contributed by atoms with Crippen LogP contribution in [0.2, 0.25) is 0 Å². The number of nitrogens with zero attached hydrogens (tertiary/aromatic N) is 5. The maximum Gasteiger partial charge on any atom is 0.198 e. The third-order valence-corrected chi connectivity index (χ3v) is 6.99. The molecule has 1 aliphatic heterocycles. The maximum atomic E-state index is 13.0. The van der Waals surface area contributed by atoms with Crippen LogP contribution in [-0.4, -0.2) is 53.7 Å². The van der Waals surface area contributed by atoms with Crippen LogP contribution in [-0.2, 0) is 15.7 Å². The van der Waals surface area contributed by atoms with Crippen LogP contribution in [0.1, 0.15) is 35.8 Å². The second kappa shape index (κ2) is 8.53. The summed E-state index contributed by atoms with van der Waals surface area (Å²) in [4.78, 5) is 2.53. The Morgan fingerprint density at radius 3 is 2.47 bits per heavy atom. The lowest BCUT2D eigenvalue weighted by molar-refractivity contribution is 0.258. The number of benzene rings is 2. The third-order valence-electron chi connectivity index (χ3n) is 5.42. The Kier molecular flexibility index (Phi) is 5.83. The molecule has 9 heteroatoms. The predicted octanol–water partition coefficient (Wildman–Crippen LogP) is 2.61. The molecule has 0 radical (unpaired) electrons. The SMILES string of the molecule is COc1ccccc1C(c1nnnn1CS(=O)(=O)c1ccc(C)cc1)N1CCCC1. The van der Waals surface area contributed by atoms with Crippen LogP contribution in [0, 0.1) is 6.92 Å². The number of rotatable bonds is 7. The first-order valence-corrected chi connectivity index (χ1v) is 11.6. The van der Waals surface area contributed by atoms with Crippen molar-refractivity contribution in [3.8, 4) is 5.75 Å². The molecule has 0 saturated carbocycles. The summed E-state index contributed by atoms with van der Waals surface area (Å²) in [6.07, 6.45) is 2.16. The van der Waals surface area contributed by atoms with Gasteiger partial charge in [-0.15, -0.1) is 5.10 Å². The minimum absolute atomic E-state index is 0.254. The molecule has 0 aliphatic carbocycles. The first kappa shape index (κ1) is 20.5. The van der Waals surface area contributed by atoms with Crippen LogP contribution in [0.3, 0.4) is 0 Å². The fraction of sp³-hybridized carbons (Fsp3) is 0.381. The number of methoxy groups -OCH3 is 1. The van der Waals surface area contributed by atoms with Gasteiger partial charge in [0.15, 0.2) is 21.5 Å². The molecule has 8 nitrogen and oxygen atoms in total. The number of tetrazole rings is 1. The number of para-hydroxylation sites is 1. The van der Waals surface area contributed by atoms with Gasteiger partial charge >= 0.3 is 0 Å². The molecular weight excluding hydrogens is 402 g/mol. The molecule has 2 aromatic carbocycles. The van der Waals surface area contributed by atoms with Gasteiger partial charge in [-0.05, 0) is 61.5 Å². The second-order valence-corrected chi connectivity index (χ2v) is 9.44. The standard InChI is InChI=1S/C21H25N5O3S/c1-16-9-11-17(12-10-16)30(27,28)15-26-21(22-23-24-26)20(25-13-5-6-14-25)18-7-3-4-8-19(18)29-2/h3-4,7-12,20H,5-6,13-15H2,1-2H3. The maximum absolute atomic E-state index is 13.0. The van der Waals surface area contributed by atoms with Crippen molar-refractivity contribution in [2.75, 3.05) is 20.2 Å². The zero-order valence-corrected chi connectivity index (χ0v) is 17.9. The molecule has 158 valence electrons. The molecular formula is C21H25N5O3S. The monoisotopic (exact) mass is 427 g/mol.